The van der Waals surface area contributed by atoms with Crippen LogP contribution in [-0.2, 0) is 10.9 Å². The summed E-state index contributed by atoms with van der Waals surface area (Å²) in [4.78, 5) is 7.29. The first-order valence-electron chi connectivity index (χ1n) is 6.08. The zero-order chi connectivity index (χ0) is 13.9. The molecule has 0 amide bonds. The van der Waals surface area contributed by atoms with Gasteiger partial charge in [0.15, 0.2) is 0 Å². The lowest BCUT2D eigenvalue weighted by Gasteiger charge is -2.15. The van der Waals surface area contributed by atoms with Crippen LogP contribution in [-0.4, -0.2) is 30.2 Å². The fourth-order valence-electron chi connectivity index (χ4n) is 1.88. The fraction of sp³-hybridized carbons (Fsp3) is 0.667. The Labute approximate surface area is 109 Å². The van der Waals surface area contributed by atoms with Crippen molar-refractivity contribution in [1.29, 1.82) is 0 Å². The summed E-state index contributed by atoms with van der Waals surface area (Å²) in [7, 11) is 1.64. The van der Waals surface area contributed by atoms with Gasteiger partial charge in [0, 0.05) is 26.5 Å². The lowest BCUT2D eigenvalue weighted by atomic mass is 10.0. The van der Waals surface area contributed by atoms with Crippen molar-refractivity contribution in [1.82, 2.24) is 9.97 Å². The Morgan fingerprint density at radius 1 is 1.42 bits per heavy atom. The van der Waals surface area contributed by atoms with Gasteiger partial charge in [-0.3, -0.25) is 0 Å². The van der Waals surface area contributed by atoms with Crippen molar-refractivity contribution in [2.45, 2.75) is 25.4 Å². The number of methoxy groups -OCH3 is 1. The maximum absolute atomic E-state index is 12.5. The lowest BCUT2D eigenvalue weighted by Crippen LogP contribution is -2.19. The Bertz CT molecular complexity index is 432. The summed E-state index contributed by atoms with van der Waals surface area (Å²) in [5, 5.41) is 2.89. The highest BCUT2D eigenvalue weighted by Crippen LogP contribution is 2.48. The van der Waals surface area contributed by atoms with Crippen LogP contribution in [0.15, 0.2) is 12.3 Å². The van der Waals surface area contributed by atoms with Gasteiger partial charge >= 0.3 is 6.18 Å². The van der Waals surface area contributed by atoms with Gasteiger partial charge in [0.1, 0.15) is 5.69 Å². The van der Waals surface area contributed by atoms with E-state index in [-0.39, 0.29) is 11.4 Å². The van der Waals surface area contributed by atoms with Gasteiger partial charge in [-0.05, 0) is 30.7 Å². The topological polar surface area (TPSA) is 47.0 Å². The molecule has 0 radical (unpaired) electrons. The van der Waals surface area contributed by atoms with Gasteiger partial charge in [-0.2, -0.15) is 13.2 Å². The van der Waals surface area contributed by atoms with Crippen molar-refractivity contribution in [3.8, 4) is 0 Å². The van der Waals surface area contributed by atoms with Crippen molar-refractivity contribution >= 4 is 5.95 Å². The normalized spacial score (nSPS) is 17.3. The first-order valence-corrected chi connectivity index (χ1v) is 6.08. The van der Waals surface area contributed by atoms with Crippen molar-refractivity contribution in [2.75, 3.05) is 25.6 Å². The molecule has 1 aliphatic carbocycles. The van der Waals surface area contributed by atoms with Crippen molar-refractivity contribution in [3.63, 3.8) is 0 Å². The lowest BCUT2D eigenvalue weighted by molar-refractivity contribution is -0.141. The molecule has 1 saturated carbocycles. The van der Waals surface area contributed by atoms with Crippen molar-refractivity contribution in [3.05, 3.63) is 18.0 Å². The third-order valence-electron chi connectivity index (χ3n) is 3.36. The summed E-state index contributed by atoms with van der Waals surface area (Å²) in [5.74, 6) is 0.0264. The highest BCUT2D eigenvalue weighted by atomic mass is 19.4. The van der Waals surface area contributed by atoms with E-state index in [2.05, 4.69) is 15.3 Å². The van der Waals surface area contributed by atoms with Crippen LogP contribution < -0.4 is 5.32 Å². The van der Waals surface area contributed by atoms with Crippen LogP contribution in [0.1, 0.15) is 25.0 Å². The Balaban J connectivity index is 1.93. The number of hydrogen-bond donors (Lipinski definition) is 1. The molecule has 0 aliphatic heterocycles. The molecule has 0 bridgehead atoms. The van der Waals surface area contributed by atoms with E-state index < -0.39 is 11.9 Å². The summed E-state index contributed by atoms with van der Waals surface area (Å²) < 4.78 is 42.5. The average molecular weight is 275 g/mol. The maximum Gasteiger partial charge on any atom is 0.433 e. The zero-order valence-electron chi connectivity index (χ0n) is 10.6. The molecule has 1 N–H and O–H groups in total. The molecule has 1 heterocycles. The SMILES string of the molecule is COCCC1(CNc2nccc(C(F)(F)F)n2)CC1. The summed E-state index contributed by atoms with van der Waals surface area (Å²) in [6.45, 7) is 1.24. The van der Waals surface area contributed by atoms with Crippen LogP contribution in [0.5, 0.6) is 0 Å². The summed E-state index contributed by atoms with van der Waals surface area (Å²) >= 11 is 0. The average Bonchev–Trinajstić information content (AvgIpc) is 3.14. The molecule has 0 atom stereocenters. The molecule has 1 fully saturated rings. The van der Waals surface area contributed by atoms with Crippen molar-refractivity contribution < 1.29 is 17.9 Å². The van der Waals surface area contributed by atoms with Gasteiger partial charge < -0.3 is 10.1 Å². The van der Waals surface area contributed by atoms with Crippen molar-refractivity contribution in [2.24, 2.45) is 5.41 Å². The van der Waals surface area contributed by atoms with E-state index in [1.54, 1.807) is 7.11 Å². The number of halogens is 3. The van der Waals surface area contributed by atoms with Crippen LogP contribution >= 0.6 is 0 Å². The molecule has 1 aromatic heterocycles. The number of alkyl halides is 3. The highest BCUT2D eigenvalue weighted by Gasteiger charge is 2.42. The van der Waals surface area contributed by atoms with Gasteiger partial charge in [-0.1, -0.05) is 0 Å². The van der Waals surface area contributed by atoms with E-state index in [4.69, 9.17) is 4.74 Å². The second-order valence-corrected chi connectivity index (χ2v) is 4.86. The second-order valence-electron chi connectivity index (χ2n) is 4.86. The Morgan fingerprint density at radius 3 is 2.74 bits per heavy atom. The standard InChI is InChI=1S/C12H16F3N3O/c1-19-7-5-11(3-4-11)8-17-10-16-6-2-9(18-10)12(13,14)15/h2,6H,3-5,7-8H2,1H3,(H,16,17,18). The fourth-order valence-corrected chi connectivity index (χ4v) is 1.88. The van der Waals surface area contributed by atoms with Gasteiger partial charge in [0.05, 0.1) is 0 Å². The second kappa shape index (κ2) is 5.32. The molecule has 7 heteroatoms. The molecule has 4 nitrogen and oxygen atoms in total. The first-order chi connectivity index (χ1) is 8.95. The summed E-state index contributed by atoms with van der Waals surface area (Å²) in [5.41, 5.74) is -0.792. The van der Waals surface area contributed by atoms with Crippen LogP contribution in [0.4, 0.5) is 19.1 Å². The van der Waals surface area contributed by atoms with E-state index >= 15 is 0 Å². The number of nitrogens with one attached hydrogen (secondary N) is 1. The van der Waals surface area contributed by atoms with Crippen LogP contribution in [0, 0.1) is 5.41 Å². The third kappa shape index (κ3) is 3.79. The van der Waals surface area contributed by atoms with Crippen LogP contribution in [0.2, 0.25) is 0 Å². The third-order valence-corrected chi connectivity index (χ3v) is 3.36. The number of hydrogen-bond acceptors (Lipinski definition) is 4. The van der Waals surface area contributed by atoms with E-state index in [1.807, 2.05) is 0 Å². The van der Waals surface area contributed by atoms with Crippen LogP contribution in [0.3, 0.4) is 0 Å². The molecule has 0 unspecified atom stereocenters. The van der Waals surface area contributed by atoms with Gasteiger partial charge in [-0.25, -0.2) is 9.97 Å². The van der Waals surface area contributed by atoms with Crippen LogP contribution in [0.25, 0.3) is 0 Å². The Morgan fingerprint density at radius 2 is 2.16 bits per heavy atom. The monoisotopic (exact) mass is 275 g/mol. The van der Waals surface area contributed by atoms with Gasteiger partial charge in [0.2, 0.25) is 5.95 Å². The molecule has 0 aromatic carbocycles. The van der Waals surface area contributed by atoms with E-state index in [0.29, 0.717) is 13.2 Å². The largest absolute Gasteiger partial charge is 0.433 e. The number of aromatic nitrogens is 2. The minimum Gasteiger partial charge on any atom is -0.385 e. The summed E-state index contributed by atoms with van der Waals surface area (Å²) in [6.07, 6.45) is -0.306. The predicted molar refractivity (Wildman–Crippen MR) is 63.7 cm³/mol. The predicted octanol–water partition coefficient (Wildman–Crippen LogP) is 2.72. The molecule has 106 valence electrons. The number of ether oxygens (including phenoxy) is 1. The molecule has 1 aromatic rings. The minimum atomic E-state index is -4.44. The summed E-state index contributed by atoms with van der Waals surface area (Å²) in [6, 6.07) is 0.864. The minimum absolute atomic E-state index is 0.0264. The van der Waals surface area contributed by atoms with E-state index in [9.17, 15) is 13.2 Å². The van der Waals surface area contributed by atoms with E-state index in [0.717, 1.165) is 31.5 Å². The van der Waals surface area contributed by atoms with E-state index in [1.165, 1.54) is 0 Å². The number of anilines is 1. The Hall–Kier alpha value is -1.37. The molecular formula is C12H16F3N3O. The van der Waals surface area contributed by atoms with Gasteiger partial charge in [-0.15, -0.1) is 0 Å². The molecular weight excluding hydrogens is 259 g/mol. The molecule has 0 saturated heterocycles. The molecule has 2 rings (SSSR count). The molecule has 19 heavy (non-hydrogen) atoms. The quantitative estimate of drug-likeness (QED) is 0.867. The molecule has 0 spiro atoms. The molecule has 1 aliphatic rings. The first kappa shape index (κ1) is 14.0. The Kier molecular flexibility index (Phi) is 3.93. The number of rotatable bonds is 6. The maximum atomic E-state index is 12.5. The van der Waals surface area contributed by atoms with Gasteiger partial charge in [0.25, 0.3) is 0 Å². The zero-order valence-corrected chi connectivity index (χ0v) is 10.6. The number of nitrogens with zero attached hydrogens (tertiary/aromatic N) is 2. The highest BCUT2D eigenvalue weighted by molar-refractivity contribution is 5.27. The smallest absolute Gasteiger partial charge is 0.385 e.